The third-order valence-corrected chi connectivity index (χ3v) is 2.55. The largest absolute Gasteiger partial charge is 0.453 e. The van der Waals surface area contributed by atoms with Crippen LogP contribution in [0.1, 0.15) is 18.5 Å². The number of hydrogen-bond acceptors (Lipinski definition) is 4. The van der Waals surface area contributed by atoms with Crippen LogP contribution in [-0.4, -0.2) is 22.5 Å². The maximum Gasteiger partial charge on any atom is 0.316 e. The molecule has 0 fully saturated rings. The van der Waals surface area contributed by atoms with E-state index in [1.54, 1.807) is 18.5 Å². The van der Waals surface area contributed by atoms with E-state index in [9.17, 15) is 4.79 Å². The van der Waals surface area contributed by atoms with Gasteiger partial charge in [0.05, 0.1) is 6.04 Å². The van der Waals surface area contributed by atoms with Gasteiger partial charge in [0, 0.05) is 12.4 Å². The molecule has 0 aliphatic heterocycles. The summed E-state index contributed by atoms with van der Waals surface area (Å²) < 4.78 is 5.17. The first-order valence-corrected chi connectivity index (χ1v) is 6.00. The fraction of sp³-hybridized carbons (Fsp3) is 0.214. The lowest BCUT2D eigenvalue weighted by atomic mass is 10.1. The average molecular weight is 257 g/mol. The summed E-state index contributed by atoms with van der Waals surface area (Å²) in [5.41, 5.74) is 1.05. The van der Waals surface area contributed by atoms with Crippen LogP contribution in [0.15, 0.2) is 48.8 Å². The smallest absolute Gasteiger partial charge is 0.316 e. The third kappa shape index (κ3) is 4.06. The fourth-order valence-electron chi connectivity index (χ4n) is 1.60. The number of benzene rings is 1. The molecule has 1 aromatic carbocycles. The van der Waals surface area contributed by atoms with E-state index >= 15 is 0 Å². The van der Waals surface area contributed by atoms with Gasteiger partial charge in [-0.2, -0.15) is 0 Å². The predicted octanol–water partition coefficient (Wildman–Crippen LogP) is 1.73. The van der Waals surface area contributed by atoms with Crippen molar-refractivity contribution in [1.82, 2.24) is 15.3 Å². The van der Waals surface area contributed by atoms with Gasteiger partial charge in [-0.1, -0.05) is 30.3 Å². The van der Waals surface area contributed by atoms with E-state index in [2.05, 4.69) is 15.3 Å². The van der Waals surface area contributed by atoms with Crippen LogP contribution in [-0.2, 0) is 4.79 Å². The van der Waals surface area contributed by atoms with Gasteiger partial charge < -0.3 is 10.1 Å². The Labute approximate surface area is 111 Å². The Hall–Kier alpha value is -2.43. The van der Waals surface area contributed by atoms with Gasteiger partial charge in [-0.15, -0.1) is 0 Å². The van der Waals surface area contributed by atoms with E-state index in [0.29, 0.717) is 0 Å². The van der Waals surface area contributed by atoms with Crippen LogP contribution in [0.4, 0.5) is 0 Å². The molecular formula is C14H15N3O2. The second-order valence-electron chi connectivity index (χ2n) is 4.02. The van der Waals surface area contributed by atoms with Gasteiger partial charge in [-0.05, 0) is 18.6 Å². The Bertz CT molecular complexity index is 517. The van der Waals surface area contributed by atoms with E-state index in [4.69, 9.17) is 4.74 Å². The SMILES string of the molecule is C[C@H](NC(=O)COc1ncccn1)c1ccccc1. The molecule has 5 heteroatoms. The van der Waals surface area contributed by atoms with Crippen molar-refractivity contribution in [2.45, 2.75) is 13.0 Å². The number of ether oxygens (including phenoxy) is 1. The first-order valence-electron chi connectivity index (χ1n) is 6.00. The lowest BCUT2D eigenvalue weighted by Crippen LogP contribution is -2.31. The monoisotopic (exact) mass is 257 g/mol. The molecule has 1 amide bonds. The summed E-state index contributed by atoms with van der Waals surface area (Å²) in [5.74, 6) is -0.205. The molecule has 0 spiro atoms. The lowest BCUT2D eigenvalue weighted by molar-refractivity contribution is -0.123. The van der Waals surface area contributed by atoms with Gasteiger partial charge in [0.2, 0.25) is 0 Å². The van der Waals surface area contributed by atoms with Crippen molar-refractivity contribution in [3.05, 3.63) is 54.4 Å². The third-order valence-electron chi connectivity index (χ3n) is 2.55. The highest BCUT2D eigenvalue weighted by Gasteiger charge is 2.10. The Morgan fingerprint density at radius 2 is 1.89 bits per heavy atom. The van der Waals surface area contributed by atoms with Crippen LogP contribution in [0.2, 0.25) is 0 Å². The molecule has 2 rings (SSSR count). The molecule has 0 aliphatic rings. The zero-order chi connectivity index (χ0) is 13.5. The van der Waals surface area contributed by atoms with E-state index < -0.39 is 0 Å². The fourth-order valence-corrected chi connectivity index (χ4v) is 1.60. The van der Waals surface area contributed by atoms with Crippen molar-refractivity contribution in [3.63, 3.8) is 0 Å². The number of aromatic nitrogens is 2. The number of nitrogens with zero attached hydrogens (tertiary/aromatic N) is 2. The van der Waals surface area contributed by atoms with Crippen LogP contribution >= 0.6 is 0 Å². The van der Waals surface area contributed by atoms with Gasteiger partial charge in [0.1, 0.15) is 0 Å². The Morgan fingerprint density at radius 3 is 2.58 bits per heavy atom. The first-order chi connectivity index (χ1) is 9.25. The summed E-state index contributed by atoms with van der Waals surface area (Å²) in [6.45, 7) is 1.83. The Balaban J connectivity index is 1.82. The molecular weight excluding hydrogens is 242 g/mol. The van der Waals surface area contributed by atoms with Crippen LogP contribution in [0.25, 0.3) is 0 Å². The zero-order valence-corrected chi connectivity index (χ0v) is 10.6. The summed E-state index contributed by atoms with van der Waals surface area (Å²) >= 11 is 0. The summed E-state index contributed by atoms with van der Waals surface area (Å²) in [6, 6.07) is 11.6. The lowest BCUT2D eigenvalue weighted by Gasteiger charge is -2.14. The number of hydrogen-bond donors (Lipinski definition) is 1. The maximum absolute atomic E-state index is 11.7. The van der Waals surface area contributed by atoms with Crippen LogP contribution in [0, 0.1) is 0 Å². The Morgan fingerprint density at radius 1 is 1.21 bits per heavy atom. The normalized spacial score (nSPS) is 11.6. The topological polar surface area (TPSA) is 64.1 Å². The minimum absolute atomic E-state index is 0.0611. The van der Waals surface area contributed by atoms with E-state index in [0.717, 1.165) is 5.56 Å². The van der Waals surface area contributed by atoms with Gasteiger partial charge >= 0.3 is 6.01 Å². The second-order valence-corrected chi connectivity index (χ2v) is 4.02. The number of carbonyl (C=O) groups excluding carboxylic acids is 1. The maximum atomic E-state index is 11.7. The van der Waals surface area contributed by atoms with Crippen molar-refractivity contribution in [1.29, 1.82) is 0 Å². The van der Waals surface area contributed by atoms with E-state index in [1.165, 1.54) is 0 Å². The molecule has 0 aliphatic carbocycles. The van der Waals surface area contributed by atoms with E-state index in [1.807, 2.05) is 37.3 Å². The zero-order valence-electron chi connectivity index (χ0n) is 10.6. The molecule has 0 bridgehead atoms. The standard InChI is InChI=1S/C14H15N3O2/c1-11(12-6-3-2-4-7-12)17-13(18)10-19-14-15-8-5-9-16-14/h2-9,11H,10H2,1H3,(H,17,18)/t11-/m0/s1. The molecule has 98 valence electrons. The molecule has 1 heterocycles. The molecule has 19 heavy (non-hydrogen) atoms. The van der Waals surface area contributed by atoms with Crippen LogP contribution in [0.5, 0.6) is 6.01 Å². The average Bonchev–Trinajstić information content (AvgIpc) is 2.47. The molecule has 5 nitrogen and oxygen atoms in total. The van der Waals surface area contributed by atoms with Crippen LogP contribution in [0.3, 0.4) is 0 Å². The van der Waals surface area contributed by atoms with E-state index in [-0.39, 0.29) is 24.6 Å². The summed E-state index contributed by atoms with van der Waals surface area (Å²) in [5, 5.41) is 2.85. The quantitative estimate of drug-likeness (QED) is 0.886. The highest BCUT2D eigenvalue weighted by molar-refractivity contribution is 5.77. The number of amides is 1. The van der Waals surface area contributed by atoms with Gasteiger partial charge in [-0.3, -0.25) is 4.79 Å². The summed E-state index contributed by atoms with van der Waals surface area (Å²) in [6.07, 6.45) is 3.12. The molecule has 0 radical (unpaired) electrons. The highest BCUT2D eigenvalue weighted by atomic mass is 16.5. The second kappa shape index (κ2) is 6.49. The summed E-state index contributed by atoms with van der Waals surface area (Å²) in [7, 11) is 0. The Kier molecular flexibility index (Phi) is 4.44. The number of rotatable bonds is 5. The van der Waals surface area contributed by atoms with Gasteiger partial charge in [0.15, 0.2) is 6.61 Å². The first kappa shape index (κ1) is 13.0. The molecule has 1 N–H and O–H groups in total. The number of carbonyl (C=O) groups is 1. The molecule has 0 saturated heterocycles. The van der Waals surface area contributed by atoms with Crippen molar-refractivity contribution in [2.75, 3.05) is 6.61 Å². The van der Waals surface area contributed by atoms with Gasteiger partial charge in [0.25, 0.3) is 5.91 Å². The van der Waals surface area contributed by atoms with Gasteiger partial charge in [-0.25, -0.2) is 9.97 Å². The van der Waals surface area contributed by atoms with Crippen molar-refractivity contribution in [3.8, 4) is 6.01 Å². The molecule has 0 saturated carbocycles. The molecule has 1 atom stereocenters. The number of nitrogens with one attached hydrogen (secondary N) is 1. The van der Waals surface area contributed by atoms with Crippen molar-refractivity contribution < 1.29 is 9.53 Å². The van der Waals surface area contributed by atoms with Crippen molar-refractivity contribution >= 4 is 5.91 Å². The summed E-state index contributed by atoms with van der Waals surface area (Å²) in [4.78, 5) is 19.5. The molecule has 0 unspecified atom stereocenters. The molecule has 2 aromatic rings. The van der Waals surface area contributed by atoms with Crippen molar-refractivity contribution in [2.24, 2.45) is 0 Å². The highest BCUT2D eigenvalue weighted by Crippen LogP contribution is 2.10. The van der Waals surface area contributed by atoms with Crippen LogP contribution < -0.4 is 10.1 Å². The minimum atomic E-state index is -0.205. The predicted molar refractivity (Wildman–Crippen MR) is 70.5 cm³/mol. The minimum Gasteiger partial charge on any atom is -0.453 e. The molecule has 1 aromatic heterocycles.